The number of pyridine rings is 1. The van der Waals surface area contributed by atoms with Crippen molar-refractivity contribution in [2.75, 3.05) is 7.11 Å². The Bertz CT molecular complexity index is 845. The van der Waals surface area contributed by atoms with Crippen molar-refractivity contribution >= 4 is 32.6 Å². The number of ketones is 1. The highest BCUT2D eigenvalue weighted by atomic mass is 79.9. The number of fused-ring (bicyclic) bond motifs is 1. The molecule has 22 heavy (non-hydrogen) atoms. The van der Waals surface area contributed by atoms with Crippen LogP contribution in [-0.2, 0) is 6.54 Å². The summed E-state index contributed by atoms with van der Waals surface area (Å²) >= 11 is 3.40. The zero-order valence-electron chi connectivity index (χ0n) is 12.1. The standard InChI is InChI=1S/C18H15BrNO2/c1-22-16-7-8-17-13(11-16)5-3-9-20(17)12-18(21)14-4-2-6-15(19)10-14/h2-11H,12H2,1H3/q+1. The Morgan fingerprint density at radius 3 is 2.77 bits per heavy atom. The first-order chi connectivity index (χ1) is 10.7. The zero-order chi connectivity index (χ0) is 15.5. The lowest BCUT2D eigenvalue weighted by atomic mass is 10.1. The summed E-state index contributed by atoms with van der Waals surface area (Å²) in [5.41, 5.74) is 1.71. The van der Waals surface area contributed by atoms with Crippen LogP contribution >= 0.6 is 15.9 Å². The number of benzene rings is 2. The van der Waals surface area contributed by atoms with Gasteiger partial charge in [0, 0.05) is 22.2 Å². The minimum atomic E-state index is 0.0784. The second-order valence-electron chi connectivity index (χ2n) is 4.99. The van der Waals surface area contributed by atoms with Crippen LogP contribution in [0.3, 0.4) is 0 Å². The second kappa shape index (κ2) is 6.28. The molecule has 0 N–H and O–H groups in total. The number of aromatic nitrogens is 1. The van der Waals surface area contributed by atoms with Crippen LogP contribution in [0.25, 0.3) is 10.9 Å². The van der Waals surface area contributed by atoms with E-state index in [0.717, 1.165) is 21.1 Å². The molecule has 0 saturated heterocycles. The molecule has 0 radical (unpaired) electrons. The molecule has 0 aliphatic heterocycles. The van der Waals surface area contributed by atoms with Gasteiger partial charge in [0.2, 0.25) is 17.8 Å². The van der Waals surface area contributed by atoms with E-state index >= 15 is 0 Å². The molecule has 0 bridgehead atoms. The first kappa shape index (κ1) is 14.7. The lowest BCUT2D eigenvalue weighted by Crippen LogP contribution is -2.38. The van der Waals surface area contributed by atoms with Gasteiger partial charge in [-0.3, -0.25) is 4.79 Å². The van der Waals surface area contributed by atoms with Gasteiger partial charge in [-0.05, 0) is 30.3 Å². The SMILES string of the molecule is COc1ccc2c(ccc[n+]2CC(=O)c2cccc(Br)c2)c1. The summed E-state index contributed by atoms with van der Waals surface area (Å²) in [6.07, 6.45) is 1.92. The van der Waals surface area contributed by atoms with Crippen molar-refractivity contribution in [3.63, 3.8) is 0 Å². The fraction of sp³-hybridized carbons (Fsp3) is 0.111. The third-order valence-electron chi connectivity index (χ3n) is 3.55. The van der Waals surface area contributed by atoms with Crippen molar-refractivity contribution in [3.05, 3.63) is 70.8 Å². The van der Waals surface area contributed by atoms with Gasteiger partial charge < -0.3 is 4.74 Å². The highest BCUT2D eigenvalue weighted by Crippen LogP contribution is 2.18. The Morgan fingerprint density at radius 2 is 2.00 bits per heavy atom. The molecule has 0 aliphatic rings. The lowest BCUT2D eigenvalue weighted by molar-refractivity contribution is -0.657. The predicted molar refractivity (Wildman–Crippen MR) is 89.2 cm³/mol. The van der Waals surface area contributed by atoms with Crippen molar-refractivity contribution in [1.82, 2.24) is 0 Å². The molecule has 3 rings (SSSR count). The van der Waals surface area contributed by atoms with Gasteiger partial charge in [-0.25, -0.2) is 0 Å². The largest absolute Gasteiger partial charge is 0.497 e. The minimum absolute atomic E-state index is 0.0784. The summed E-state index contributed by atoms with van der Waals surface area (Å²) in [5.74, 6) is 0.887. The first-order valence-corrected chi connectivity index (χ1v) is 7.71. The highest BCUT2D eigenvalue weighted by molar-refractivity contribution is 9.10. The number of halogens is 1. The maximum absolute atomic E-state index is 12.5. The summed E-state index contributed by atoms with van der Waals surface area (Å²) in [7, 11) is 1.65. The van der Waals surface area contributed by atoms with Gasteiger partial charge in [0.25, 0.3) is 0 Å². The van der Waals surface area contributed by atoms with Crippen LogP contribution in [0.5, 0.6) is 5.75 Å². The number of hydrogen-bond donors (Lipinski definition) is 0. The number of hydrogen-bond acceptors (Lipinski definition) is 2. The molecule has 3 nitrogen and oxygen atoms in total. The normalized spacial score (nSPS) is 10.6. The highest BCUT2D eigenvalue weighted by Gasteiger charge is 2.15. The number of rotatable bonds is 4. The van der Waals surface area contributed by atoms with Gasteiger partial charge >= 0.3 is 0 Å². The smallest absolute Gasteiger partial charge is 0.227 e. The summed E-state index contributed by atoms with van der Waals surface area (Å²) in [6.45, 7) is 0.306. The number of ether oxygens (including phenoxy) is 1. The average Bonchev–Trinajstić information content (AvgIpc) is 2.54. The van der Waals surface area contributed by atoms with Gasteiger partial charge in [-0.1, -0.05) is 28.1 Å². The Labute approximate surface area is 137 Å². The number of Topliss-reactive ketones (excluding diaryl/α,β-unsaturated/α-hetero) is 1. The van der Waals surface area contributed by atoms with E-state index in [4.69, 9.17) is 4.74 Å². The Morgan fingerprint density at radius 1 is 1.14 bits per heavy atom. The molecule has 0 unspecified atom stereocenters. The molecule has 1 heterocycles. The summed E-state index contributed by atoms with van der Waals surface area (Å²) in [5, 5.41) is 1.05. The average molecular weight is 357 g/mol. The molecule has 4 heteroatoms. The fourth-order valence-electron chi connectivity index (χ4n) is 2.43. The topological polar surface area (TPSA) is 30.2 Å². The number of carbonyl (C=O) groups is 1. The first-order valence-electron chi connectivity index (χ1n) is 6.92. The van der Waals surface area contributed by atoms with Crippen LogP contribution in [0, 0.1) is 0 Å². The molecule has 3 aromatic rings. The van der Waals surface area contributed by atoms with Crippen LogP contribution in [0.4, 0.5) is 0 Å². The van der Waals surface area contributed by atoms with E-state index in [9.17, 15) is 4.79 Å². The van der Waals surface area contributed by atoms with Crippen molar-refractivity contribution in [3.8, 4) is 5.75 Å². The van der Waals surface area contributed by atoms with Crippen LogP contribution in [0.2, 0.25) is 0 Å². The van der Waals surface area contributed by atoms with E-state index in [1.807, 2.05) is 65.4 Å². The van der Waals surface area contributed by atoms with Crippen molar-refractivity contribution in [1.29, 1.82) is 0 Å². The quantitative estimate of drug-likeness (QED) is 0.526. The predicted octanol–water partition coefficient (Wildman–Crippen LogP) is 3.78. The van der Waals surface area contributed by atoms with Crippen LogP contribution < -0.4 is 9.30 Å². The molecule has 0 saturated carbocycles. The summed E-state index contributed by atoms with van der Waals surface area (Å²) in [4.78, 5) is 12.5. The van der Waals surface area contributed by atoms with Crippen LogP contribution in [0.15, 0.2) is 65.3 Å². The van der Waals surface area contributed by atoms with E-state index in [1.165, 1.54) is 0 Å². The molecule has 110 valence electrons. The monoisotopic (exact) mass is 356 g/mol. The Kier molecular flexibility index (Phi) is 4.20. The van der Waals surface area contributed by atoms with Crippen molar-refractivity contribution < 1.29 is 14.1 Å². The molecular formula is C18H15BrNO2+. The second-order valence-corrected chi connectivity index (χ2v) is 5.91. The minimum Gasteiger partial charge on any atom is -0.497 e. The number of nitrogens with zero attached hydrogens (tertiary/aromatic N) is 1. The van der Waals surface area contributed by atoms with Crippen molar-refractivity contribution in [2.24, 2.45) is 0 Å². The van der Waals surface area contributed by atoms with Gasteiger partial charge in [0.05, 0.1) is 12.5 Å². The molecule has 0 aliphatic carbocycles. The molecule has 0 fully saturated rings. The van der Waals surface area contributed by atoms with Crippen LogP contribution in [0.1, 0.15) is 10.4 Å². The lowest BCUT2D eigenvalue weighted by Gasteiger charge is -2.04. The van der Waals surface area contributed by atoms with Gasteiger partial charge in [0.15, 0.2) is 6.20 Å². The third kappa shape index (κ3) is 3.02. The van der Waals surface area contributed by atoms with Gasteiger partial charge in [-0.2, -0.15) is 4.57 Å². The van der Waals surface area contributed by atoms with Crippen LogP contribution in [-0.4, -0.2) is 12.9 Å². The maximum atomic E-state index is 12.5. The summed E-state index contributed by atoms with van der Waals surface area (Å²) in [6, 6.07) is 17.3. The molecule has 0 amide bonds. The van der Waals surface area contributed by atoms with Crippen molar-refractivity contribution in [2.45, 2.75) is 6.54 Å². The maximum Gasteiger partial charge on any atom is 0.227 e. The fourth-order valence-corrected chi connectivity index (χ4v) is 2.83. The van der Waals surface area contributed by atoms with Gasteiger partial charge in [-0.15, -0.1) is 0 Å². The Balaban J connectivity index is 1.95. The molecule has 1 aromatic heterocycles. The molecule has 0 spiro atoms. The molecular weight excluding hydrogens is 342 g/mol. The van der Waals surface area contributed by atoms with E-state index in [1.54, 1.807) is 7.11 Å². The zero-order valence-corrected chi connectivity index (χ0v) is 13.7. The molecule has 0 atom stereocenters. The number of carbonyl (C=O) groups excluding carboxylic acids is 1. The third-order valence-corrected chi connectivity index (χ3v) is 4.04. The number of methoxy groups -OCH3 is 1. The van der Waals surface area contributed by atoms with E-state index in [2.05, 4.69) is 15.9 Å². The van der Waals surface area contributed by atoms with Gasteiger partial charge in [0.1, 0.15) is 5.75 Å². The Hall–Kier alpha value is -2.20. The van der Waals surface area contributed by atoms with E-state index in [-0.39, 0.29) is 5.78 Å². The van der Waals surface area contributed by atoms with E-state index < -0.39 is 0 Å². The molecule has 2 aromatic carbocycles. The summed E-state index contributed by atoms with van der Waals surface area (Å²) < 4.78 is 8.11. The van der Waals surface area contributed by atoms with E-state index in [0.29, 0.717) is 12.1 Å².